The Morgan fingerprint density at radius 3 is 2.45 bits per heavy atom. The predicted octanol–water partition coefficient (Wildman–Crippen LogP) is 5.58. The summed E-state index contributed by atoms with van der Waals surface area (Å²) in [6.07, 6.45) is 14.5. The van der Waals surface area contributed by atoms with E-state index in [1.807, 2.05) is 0 Å². The molecule has 0 aromatic heterocycles. The zero-order valence-corrected chi connectivity index (χ0v) is 22.2. The summed E-state index contributed by atoms with van der Waals surface area (Å²) in [5.41, 5.74) is 8.82. The molecule has 4 aliphatic rings. The van der Waals surface area contributed by atoms with Gasteiger partial charge < -0.3 is 21.1 Å². The van der Waals surface area contributed by atoms with Crippen molar-refractivity contribution in [3.05, 3.63) is 11.6 Å². The van der Waals surface area contributed by atoms with Gasteiger partial charge >= 0.3 is 0 Å². The SMILES string of the molecule is CC(CO)CCCCC1C(O)CC2C1(C)CCC1C3(C)CCC(O)CC3=CCC12N.CCC. The summed E-state index contributed by atoms with van der Waals surface area (Å²) in [5, 5.41) is 30.6. The number of hydrogen-bond donors (Lipinski definition) is 4. The first-order chi connectivity index (χ1) is 15.6. The molecule has 192 valence electrons. The van der Waals surface area contributed by atoms with Crippen LogP contribution >= 0.6 is 0 Å². The Balaban J connectivity index is 0.000000968. The Morgan fingerprint density at radius 1 is 1.09 bits per heavy atom. The molecule has 4 nitrogen and oxygen atoms in total. The lowest BCUT2D eigenvalue weighted by Gasteiger charge is -2.62. The molecule has 0 aromatic carbocycles. The van der Waals surface area contributed by atoms with Gasteiger partial charge in [-0.2, -0.15) is 0 Å². The maximum atomic E-state index is 11.1. The van der Waals surface area contributed by atoms with Gasteiger partial charge in [0.05, 0.1) is 12.2 Å². The third-order valence-corrected chi connectivity index (χ3v) is 10.3. The van der Waals surface area contributed by atoms with Crippen molar-refractivity contribution in [2.45, 2.75) is 129 Å². The van der Waals surface area contributed by atoms with Gasteiger partial charge in [-0.1, -0.05) is 65.5 Å². The molecular weight excluding hydrogens is 410 g/mol. The van der Waals surface area contributed by atoms with E-state index < -0.39 is 0 Å². The number of unbranched alkanes of at least 4 members (excludes halogenated alkanes) is 1. The van der Waals surface area contributed by atoms with E-state index in [-0.39, 0.29) is 35.2 Å². The van der Waals surface area contributed by atoms with Crippen molar-refractivity contribution in [2.24, 2.45) is 40.2 Å². The fourth-order valence-corrected chi connectivity index (χ4v) is 8.43. The fourth-order valence-electron chi connectivity index (χ4n) is 8.43. The van der Waals surface area contributed by atoms with E-state index in [9.17, 15) is 15.3 Å². The highest BCUT2D eigenvalue weighted by atomic mass is 16.3. The Kier molecular flexibility index (Phi) is 8.80. The van der Waals surface area contributed by atoms with Crippen molar-refractivity contribution in [1.82, 2.24) is 0 Å². The van der Waals surface area contributed by atoms with Crippen LogP contribution in [0.3, 0.4) is 0 Å². The Labute approximate surface area is 203 Å². The van der Waals surface area contributed by atoms with E-state index in [4.69, 9.17) is 5.73 Å². The number of nitrogens with two attached hydrogens (primary N) is 1. The normalized spacial score (nSPS) is 45.1. The van der Waals surface area contributed by atoms with E-state index in [0.717, 1.165) is 64.2 Å². The second-order valence-corrected chi connectivity index (χ2v) is 12.7. The minimum atomic E-state index is -0.235. The molecule has 0 amide bonds. The minimum Gasteiger partial charge on any atom is -0.396 e. The van der Waals surface area contributed by atoms with Crippen LogP contribution in [0.2, 0.25) is 0 Å². The molecule has 0 aliphatic heterocycles. The summed E-state index contributed by atoms with van der Waals surface area (Å²) in [5.74, 6) is 1.57. The number of hydrogen-bond acceptors (Lipinski definition) is 4. The Morgan fingerprint density at radius 2 is 1.79 bits per heavy atom. The summed E-state index contributed by atoms with van der Waals surface area (Å²) < 4.78 is 0. The van der Waals surface area contributed by atoms with E-state index in [1.54, 1.807) is 0 Å². The highest BCUT2D eigenvalue weighted by molar-refractivity contribution is 5.30. The number of fused-ring (bicyclic) bond motifs is 5. The predicted molar refractivity (Wildman–Crippen MR) is 137 cm³/mol. The molecule has 9 unspecified atom stereocenters. The summed E-state index contributed by atoms with van der Waals surface area (Å²) in [6, 6.07) is 0. The maximum absolute atomic E-state index is 11.1. The summed E-state index contributed by atoms with van der Waals surface area (Å²) in [6.45, 7) is 11.5. The lowest BCUT2D eigenvalue weighted by molar-refractivity contribution is -0.0698. The van der Waals surface area contributed by atoms with Gasteiger partial charge in [0.2, 0.25) is 0 Å². The molecule has 4 heteroatoms. The molecule has 3 fully saturated rings. The van der Waals surface area contributed by atoms with Gasteiger partial charge in [0.25, 0.3) is 0 Å². The van der Waals surface area contributed by atoms with Crippen molar-refractivity contribution in [3.63, 3.8) is 0 Å². The van der Waals surface area contributed by atoms with Gasteiger partial charge in [0.15, 0.2) is 0 Å². The van der Waals surface area contributed by atoms with Gasteiger partial charge in [-0.15, -0.1) is 0 Å². The first-order valence-electron chi connectivity index (χ1n) is 14.0. The van der Waals surface area contributed by atoms with Crippen LogP contribution in [-0.4, -0.2) is 39.7 Å². The smallest absolute Gasteiger partial charge is 0.0577 e. The molecule has 3 saturated carbocycles. The average molecular weight is 464 g/mol. The summed E-state index contributed by atoms with van der Waals surface area (Å²) >= 11 is 0. The maximum Gasteiger partial charge on any atom is 0.0577 e. The second kappa shape index (κ2) is 10.7. The third kappa shape index (κ3) is 4.97. The monoisotopic (exact) mass is 463 g/mol. The second-order valence-electron chi connectivity index (χ2n) is 12.7. The number of rotatable bonds is 6. The van der Waals surface area contributed by atoms with E-state index in [0.29, 0.717) is 23.7 Å². The molecule has 9 atom stereocenters. The van der Waals surface area contributed by atoms with Gasteiger partial charge in [0, 0.05) is 12.1 Å². The van der Waals surface area contributed by atoms with Gasteiger partial charge in [-0.3, -0.25) is 0 Å². The zero-order chi connectivity index (χ0) is 24.4. The molecule has 4 aliphatic carbocycles. The van der Waals surface area contributed by atoms with Crippen LogP contribution in [0.4, 0.5) is 0 Å². The van der Waals surface area contributed by atoms with E-state index in [2.05, 4.69) is 40.7 Å². The molecule has 0 spiro atoms. The van der Waals surface area contributed by atoms with Crippen LogP contribution < -0.4 is 5.73 Å². The van der Waals surface area contributed by atoms with E-state index >= 15 is 0 Å². The lowest BCUT2D eigenvalue weighted by atomic mass is 9.44. The molecule has 0 bridgehead atoms. The molecule has 33 heavy (non-hydrogen) atoms. The number of aliphatic hydroxyl groups is 3. The first-order valence-corrected chi connectivity index (χ1v) is 14.0. The Hall–Kier alpha value is -0.420. The Bertz CT molecular complexity index is 680. The van der Waals surface area contributed by atoms with Gasteiger partial charge in [-0.05, 0) is 92.3 Å². The highest BCUT2D eigenvalue weighted by Crippen LogP contribution is 2.67. The van der Waals surface area contributed by atoms with Crippen molar-refractivity contribution in [3.8, 4) is 0 Å². The van der Waals surface area contributed by atoms with Crippen LogP contribution in [0.15, 0.2) is 11.6 Å². The molecular formula is C29H53NO3. The summed E-state index contributed by atoms with van der Waals surface area (Å²) in [4.78, 5) is 0. The lowest BCUT2D eigenvalue weighted by Crippen LogP contribution is -2.66. The van der Waals surface area contributed by atoms with Crippen molar-refractivity contribution >= 4 is 0 Å². The molecule has 0 heterocycles. The third-order valence-electron chi connectivity index (χ3n) is 10.3. The topological polar surface area (TPSA) is 86.7 Å². The molecule has 0 radical (unpaired) electrons. The standard InChI is InChI=1S/C26H45NO3.C3H8/c1-17(16-28)6-4-5-7-20-21(30)15-23-25(20,3)12-10-22-24(2)11-9-19(29)14-18(24)8-13-26(22,23)27;1-3-2/h8,17,19-23,28-30H,4-7,9-16,27H2,1-3H3;3H2,1-2H3. The van der Waals surface area contributed by atoms with Crippen LogP contribution in [0.5, 0.6) is 0 Å². The zero-order valence-electron chi connectivity index (χ0n) is 22.2. The first kappa shape index (κ1) is 27.2. The largest absolute Gasteiger partial charge is 0.396 e. The van der Waals surface area contributed by atoms with E-state index in [1.165, 1.54) is 18.4 Å². The molecule has 0 aromatic rings. The molecule has 4 rings (SSSR count). The van der Waals surface area contributed by atoms with Gasteiger partial charge in [0.1, 0.15) is 0 Å². The minimum absolute atomic E-state index is 0.122. The van der Waals surface area contributed by atoms with Crippen LogP contribution in [0.1, 0.15) is 112 Å². The highest BCUT2D eigenvalue weighted by Gasteiger charge is 2.65. The van der Waals surface area contributed by atoms with Crippen LogP contribution in [-0.2, 0) is 0 Å². The van der Waals surface area contributed by atoms with Crippen LogP contribution in [0.25, 0.3) is 0 Å². The number of aliphatic hydroxyl groups excluding tert-OH is 3. The van der Waals surface area contributed by atoms with Crippen molar-refractivity contribution < 1.29 is 15.3 Å². The van der Waals surface area contributed by atoms with Gasteiger partial charge in [-0.25, -0.2) is 0 Å². The molecule has 5 N–H and O–H groups in total. The van der Waals surface area contributed by atoms with Crippen molar-refractivity contribution in [1.29, 1.82) is 0 Å². The quantitative estimate of drug-likeness (QED) is 0.306. The molecule has 0 saturated heterocycles. The fraction of sp³-hybridized carbons (Fsp3) is 0.931. The van der Waals surface area contributed by atoms with Crippen molar-refractivity contribution in [2.75, 3.05) is 6.61 Å². The average Bonchev–Trinajstić information content (AvgIpc) is 3.03. The van der Waals surface area contributed by atoms with Crippen LogP contribution in [0, 0.1) is 34.5 Å². The summed E-state index contributed by atoms with van der Waals surface area (Å²) in [7, 11) is 0.